The summed E-state index contributed by atoms with van der Waals surface area (Å²) in [7, 11) is 0. The zero-order valence-electron chi connectivity index (χ0n) is 7.07. The molecule has 68 valence electrons. The smallest absolute Gasteiger partial charge is 0.172 e. The second kappa shape index (κ2) is 3.12. The Morgan fingerprint density at radius 3 is 2.85 bits per heavy atom. The van der Waals surface area contributed by atoms with Crippen molar-refractivity contribution in [3.05, 3.63) is 18.2 Å². The van der Waals surface area contributed by atoms with E-state index in [-0.39, 0.29) is 0 Å². The molecule has 2 rings (SSSR count). The molecule has 1 heterocycles. The Balaban J connectivity index is 2.75. The van der Waals surface area contributed by atoms with E-state index in [4.69, 9.17) is 5.73 Å². The largest absolute Gasteiger partial charge is 0.499 e. The first-order chi connectivity index (χ1) is 6.20. The van der Waals surface area contributed by atoms with E-state index in [9.17, 15) is 5.11 Å². The van der Waals surface area contributed by atoms with Crippen molar-refractivity contribution in [3.63, 3.8) is 0 Å². The molecular weight excluding hydrogens is 202 g/mol. The Morgan fingerprint density at radius 1 is 1.38 bits per heavy atom. The molecule has 1 aromatic carbocycles. The van der Waals surface area contributed by atoms with Crippen LogP contribution in [0.1, 0.15) is 0 Å². The van der Waals surface area contributed by atoms with Crippen molar-refractivity contribution in [2.75, 3.05) is 12.0 Å². The third kappa shape index (κ3) is 1.47. The topological polar surface area (TPSA) is 46.2 Å². The lowest BCUT2D eigenvalue weighted by Gasteiger charge is -1.99. The quantitative estimate of drug-likeness (QED) is 0.563. The summed E-state index contributed by atoms with van der Waals surface area (Å²) in [5, 5.41) is 10.6. The van der Waals surface area contributed by atoms with Gasteiger partial charge >= 0.3 is 0 Å². The van der Waals surface area contributed by atoms with E-state index < -0.39 is 0 Å². The number of nitrogen functional groups attached to an aromatic ring is 1. The normalized spacial score (nSPS) is 10.8. The summed E-state index contributed by atoms with van der Waals surface area (Å²) in [5.41, 5.74) is 6.57. The molecule has 0 radical (unpaired) electrons. The molecule has 0 unspecified atom stereocenters. The number of thiophene rings is 1. The minimum atomic E-state index is 0.319. The van der Waals surface area contributed by atoms with Gasteiger partial charge in [-0.05, 0) is 29.8 Å². The highest BCUT2D eigenvalue weighted by Crippen LogP contribution is 2.37. The van der Waals surface area contributed by atoms with Gasteiger partial charge in [0.15, 0.2) is 5.06 Å². The predicted molar refractivity (Wildman–Crippen MR) is 59.7 cm³/mol. The molecule has 4 heteroatoms. The number of nitrogens with two attached hydrogens (primary N) is 1. The van der Waals surface area contributed by atoms with Gasteiger partial charge in [0.25, 0.3) is 0 Å². The van der Waals surface area contributed by atoms with Crippen molar-refractivity contribution in [3.8, 4) is 5.06 Å². The summed E-state index contributed by atoms with van der Waals surface area (Å²) in [5.74, 6) is 0. The summed E-state index contributed by atoms with van der Waals surface area (Å²) >= 11 is 2.97. The third-order valence-electron chi connectivity index (χ3n) is 1.84. The Kier molecular flexibility index (Phi) is 2.09. The first kappa shape index (κ1) is 8.72. The van der Waals surface area contributed by atoms with Gasteiger partial charge < -0.3 is 10.8 Å². The maximum absolute atomic E-state index is 9.30. The average molecular weight is 211 g/mol. The lowest BCUT2D eigenvalue weighted by molar-refractivity contribution is 0.491. The molecule has 1 aromatic heterocycles. The lowest BCUT2D eigenvalue weighted by atomic mass is 10.2. The molecule has 0 saturated heterocycles. The van der Waals surface area contributed by atoms with Crippen LogP contribution in [0.5, 0.6) is 5.06 Å². The molecule has 3 N–H and O–H groups in total. The van der Waals surface area contributed by atoms with Gasteiger partial charge in [-0.1, -0.05) is 11.3 Å². The van der Waals surface area contributed by atoms with Crippen LogP contribution in [-0.2, 0) is 0 Å². The molecule has 0 bridgehead atoms. The first-order valence-electron chi connectivity index (χ1n) is 3.76. The van der Waals surface area contributed by atoms with Gasteiger partial charge in [0.05, 0.1) is 10.4 Å². The summed E-state index contributed by atoms with van der Waals surface area (Å²) < 4.78 is 0.968. The Hall–Kier alpha value is -0.870. The van der Waals surface area contributed by atoms with Gasteiger partial charge in [-0.25, -0.2) is 0 Å². The van der Waals surface area contributed by atoms with E-state index >= 15 is 0 Å². The van der Waals surface area contributed by atoms with Gasteiger partial charge in [0, 0.05) is 4.90 Å². The summed E-state index contributed by atoms with van der Waals surface area (Å²) in [4.78, 5) is 1.13. The molecule has 0 atom stereocenters. The van der Waals surface area contributed by atoms with Crippen LogP contribution in [0.3, 0.4) is 0 Å². The molecule has 2 nitrogen and oxygen atoms in total. The van der Waals surface area contributed by atoms with Crippen molar-refractivity contribution < 1.29 is 5.11 Å². The van der Waals surface area contributed by atoms with Gasteiger partial charge in [0.2, 0.25) is 0 Å². The summed E-state index contributed by atoms with van der Waals surface area (Å²) in [6.45, 7) is 0. The van der Waals surface area contributed by atoms with Gasteiger partial charge in [-0.2, -0.15) is 0 Å². The number of aromatic hydroxyl groups is 1. The minimum absolute atomic E-state index is 0.319. The summed E-state index contributed by atoms with van der Waals surface area (Å²) in [6, 6.07) is 5.71. The first-order valence-corrected chi connectivity index (χ1v) is 5.81. The van der Waals surface area contributed by atoms with E-state index in [0.717, 1.165) is 20.7 Å². The van der Waals surface area contributed by atoms with Crippen molar-refractivity contribution in [2.45, 2.75) is 4.90 Å². The number of rotatable bonds is 1. The minimum Gasteiger partial charge on any atom is -0.499 e. The van der Waals surface area contributed by atoms with Crippen molar-refractivity contribution >= 4 is 38.9 Å². The standard InChI is InChI=1S/C9H9NOS2/c1-12-6-2-5-3-8(11)13-9(5)7(10)4-6/h2-4,11H,10H2,1H3. The Morgan fingerprint density at radius 2 is 2.15 bits per heavy atom. The zero-order valence-corrected chi connectivity index (χ0v) is 8.71. The van der Waals surface area contributed by atoms with Gasteiger partial charge in [-0.3, -0.25) is 0 Å². The van der Waals surface area contributed by atoms with Crippen molar-refractivity contribution in [2.24, 2.45) is 0 Å². The van der Waals surface area contributed by atoms with Crippen LogP contribution in [0.4, 0.5) is 5.69 Å². The Labute approximate surface area is 84.4 Å². The molecule has 0 amide bonds. The fourth-order valence-electron chi connectivity index (χ4n) is 1.26. The molecule has 0 spiro atoms. The molecule has 2 aromatic rings. The van der Waals surface area contributed by atoms with E-state index in [1.165, 1.54) is 11.3 Å². The van der Waals surface area contributed by atoms with Crippen LogP contribution in [0.2, 0.25) is 0 Å². The van der Waals surface area contributed by atoms with Crippen LogP contribution in [-0.4, -0.2) is 11.4 Å². The predicted octanol–water partition coefficient (Wildman–Crippen LogP) is 2.91. The number of fused-ring (bicyclic) bond motifs is 1. The van der Waals surface area contributed by atoms with E-state index in [1.54, 1.807) is 17.8 Å². The fraction of sp³-hybridized carbons (Fsp3) is 0.111. The second-order valence-electron chi connectivity index (χ2n) is 2.72. The molecular formula is C9H9NOS2. The van der Waals surface area contributed by atoms with Gasteiger partial charge in [0.1, 0.15) is 0 Å². The van der Waals surface area contributed by atoms with Crippen molar-refractivity contribution in [1.29, 1.82) is 0 Å². The van der Waals surface area contributed by atoms with E-state index in [0.29, 0.717) is 5.06 Å². The Bertz CT molecular complexity index is 450. The average Bonchev–Trinajstić information content (AvgIpc) is 2.46. The second-order valence-corrected chi connectivity index (χ2v) is 4.63. The zero-order chi connectivity index (χ0) is 9.42. The fourth-order valence-corrected chi connectivity index (χ4v) is 2.55. The molecule has 0 aliphatic rings. The molecule has 0 aliphatic heterocycles. The molecule has 13 heavy (non-hydrogen) atoms. The summed E-state index contributed by atoms with van der Waals surface area (Å²) in [6.07, 6.45) is 2.01. The highest BCUT2D eigenvalue weighted by molar-refractivity contribution is 7.98. The number of hydrogen-bond acceptors (Lipinski definition) is 4. The SMILES string of the molecule is CSc1cc(N)c2sc(O)cc2c1. The van der Waals surface area contributed by atoms with E-state index in [2.05, 4.69) is 0 Å². The maximum atomic E-state index is 9.30. The molecule has 0 aliphatic carbocycles. The number of thioether (sulfide) groups is 1. The lowest BCUT2D eigenvalue weighted by Crippen LogP contribution is -1.84. The van der Waals surface area contributed by atoms with Crippen LogP contribution in [0, 0.1) is 0 Å². The molecule has 0 fully saturated rings. The highest BCUT2D eigenvalue weighted by Gasteiger charge is 2.05. The highest BCUT2D eigenvalue weighted by atomic mass is 32.2. The van der Waals surface area contributed by atoms with Gasteiger partial charge in [-0.15, -0.1) is 11.8 Å². The van der Waals surface area contributed by atoms with Crippen LogP contribution in [0.25, 0.3) is 10.1 Å². The monoisotopic (exact) mass is 211 g/mol. The van der Waals surface area contributed by atoms with Crippen LogP contribution < -0.4 is 5.73 Å². The molecule has 0 saturated carbocycles. The van der Waals surface area contributed by atoms with Crippen LogP contribution >= 0.6 is 23.1 Å². The third-order valence-corrected chi connectivity index (χ3v) is 3.55. The number of anilines is 1. The van der Waals surface area contributed by atoms with E-state index in [1.807, 2.05) is 18.4 Å². The number of benzene rings is 1. The van der Waals surface area contributed by atoms with Crippen molar-refractivity contribution in [1.82, 2.24) is 0 Å². The number of hydrogen-bond donors (Lipinski definition) is 2. The maximum Gasteiger partial charge on any atom is 0.172 e. The van der Waals surface area contributed by atoms with Crippen LogP contribution in [0.15, 0.2) is 23.1 Å².